The Balaban J connectivity index is 1.79. The van der Waals surface area contributed by atoms with Crippen LogP contribution in [0.3, 0.4) is 0 Å². The lowest BCUT2D eigenvalue weighted by molar-refractivity contribution is 0.267. The number of amidine groups is 1. The number of alkyl halides is 1. The van der Waals surface area contributed by atoms with E-state index in [1.54, 1.807) is 6.92 Å². The molecule has 4 nitrogen and oxygen atoms in total. The van der Waals surface area contributed by atoms with E-state index in [1.807, 2.05) is 27.0 Å². The second-order valence-electron chi connectivity index (χ2n) is 8.08. The molecule has 0 amide bonds. The first kappa shape index (κ1) is 16.5. The fraction of sp³-hybridized carbons (Fsp3) is 0.722. The first-order valence-corrected chi connectivity index (χ1v) is 8.62. The van der Waals surface area contributed by atoms with E-state index in [2.05, 4.69) is 22.9 Å². The predicted octanol–water partition coefficient (Wildman–Crippen LogP) is 2.84. The largest absolute Gasteiger partial charge is 0.384 e. The lowest BCUT2D eigenvalue weighted by atomic mass is 9.96. The summed E-state index contributed by atoms with van der Waals surface area (Å²) in [4.78, 5) is 0. The van der Waals surface area contributed by atoms with Crippen LogP contribution in [0.15, 0.2) is 23.0 Å². The molecule has 2 heterocycles. The third-order valence-electron chi connectivity index (χ3n) is 6.12. The van der Waals surface area contributed by atoms with Gasteiger partial charge in [0.15, 0.2) is 0 Å². The Bertz CT molecular complexity index is 566. The van der Waals surface area contributed by atoms with Gasteiger partial charge in [0.1, 0.15) is 11.5 Å². The van der Waals surface area contributed by atoms with Crippen LogP contribution < -0.4 is 16.0 Å². The summed E-state index contributed by atoms with van der Waals surface area (Å²) in [5.74, 6) is 0.224. The minimum absolute atomic E-state index is 0.151. The number of hydrogen-bond donors (Lipinski definition) is 4. The Morgan fingerprint density at radius 3 is 2.52 bits per heavy atom. The summed E-state index contributed by atoms with van der Waals surface area (Å²) in [5, 5.41) is 18.2. The van der Waals surface area contributed by atoms with Crippen LogP contribution in [0.5, 0.6) is 0 Å². The Labute approximate surface area is 138 Å². The quantitative estimate of drug-likeness (QED) is 0.647. The Kier molecular flexibility index (Phi) is 3.82. The van der Waals surface area contributed by atoms with Crippen LogP contribution >= 0.6 is 0 Å². The van der Waals surface area contributed by atoms with Gasteiger partial charge in [-0.15, -0.1) is 0 Å². The molecule has 0 bridgehead atoms. The molecule has 4 atom stereocenters. The average molecular weight is 320 g/mol. The molecule has 128 valence electrons. The van der Waals surface area contributed by atoms with Crippen LogP contribution in [0.2, 0.25) is 0 Å². The fourth-order valence-corrected chi connectivity index (χ4v) is 4.18. The van der Waals surface area contributed by atoms with Crippen molar-refractivity contribution in [3.63, 3.8) is 0 Å². The third-order valence-corrected chi connectivity index (χ3v) is 6.12. The zero-order valence-electron chi connectivity index (χ0n) is 14.8. The van der Waals surface area contributed by atoms with Crippen LogP contribution in [-0.2, 0) is 0 Å². The van der Waals surface area contributed by atoms with Crippen molar-refractivity contribution in [3.05, 3.63) is 23.0 Å². The molecule has 4 N–H and O–H groups in total. The number of piperidine rings is 1. The highest BCUT2D eigenvalue weighted by Crippen LogP contribution is 2.68. The zero-order chi connectivity index (χ0) is 17.0. The molecule has 2 aliphatic heterocycles. The highest BCUT2D eigenvalue weighted by atomic mass is 19.1. The molecule has 1 unspecified atom stereocenters. The molecule has 0 aromatic heterocycles. The number of nitrogens with one attached hydrogen (secondary N) is 4. The van der Waals surface area contributed by atoms with E-state index in [9.17, 15) is 4.39 Å². The van der Waals surface area contributed by atoms with Gasteiger partial charge in [-0.1, -0.05) is 13.8 Å². The van der Waals surface area contributed by atoms with Crippen LogP contribution in [0, 0.1) is 16.7 Å². The van der Waals surface area contributed by atoms with Crippen molar-refractivity contribution in [3.8, 4) is 0 Å². The van der Waals surface area contributed by atoms with E-state index in [0.29, 0.717) is 17.9 Å². The Hall–Kier alpha value is -1.36. The maximum atomic E-state index is 14.8. The van der Waals surface area contributed by atoms with Gasteiger partial charge in [0, 0.05) is 47.4 Å². The average Bonchev–Trinajstić information content (AvgIpc) is 2.72. The summed E-state index contributed by atoms with van der Waals surface area (Å²) in [6.07, 6.45) is 4.09. The maximum absolute atomic E-state index is 14.8. The molecule has 0 spiro atoms. The van der Waals surface area contributed by atoms with Crippen molar-refractivity contribution >= 4 is 5.84 Å². The van der Waals surface area contributed by atoms with Crippen molar-refractivity contribution in [1.82, 2.24) is 16.0 Å². The summed E-state index contributed by atoms with van der Waals surface area (Å²) >= 11 is 0. The van der Waals surface area contributed by atoms with E-state index in [4.69, 9.17) is 5.41 Å². The molecular formula is C18H29FN4. The van der Waals surface area contributed by atoms with Crippen LogP contribution in [-0.4, -0.2) is 30.1 Å². The van der Waals surface area contributed by atoms with Crippen molar-refractivity contribution in [1.29, 1.82) is 5.41 Å². The normalized spacial score (nSPS) is 41.2. The number of halogens is 1. The van der Waals surface area contributed by atoms with Crippen molar-refractivity contribution in [2.45, 2.75) is 65.2 Å². The molecule has 23 heavy (non-hydrogen) atoms. The fourth-order valence-electron chi connectivity index (χ4n) is 4.18. The van der Waals surface area contributed by atoms with Gasteiger partial charge in [-0.2, -0.15) is 0 Å². The molecule has 1 aliphatic carbocycles. The molecule has 3 aliphatic rings. The van der Waals surface area contributed by atoms with Crippen LogP contribution in [0.1, 0.15) is 47.5 Å². The van der Waals surface area contributed by atoms with Crippen molar-refractivity contribution in [2.75, 3.05) is 6.54 Å². The molecule has 2 fully saturated rings. The van der Waals surface area contributed by atoms with E-state index in [0.717, 1.165) is 36.2 Å². The molecule has 1 saturated heterocycles. The first-order chi connectivity index (χ1) is 10.7. The SMILES string of the molecule is C/C(N[C@@H]1CC[C@H](C)NC1)=C1\C(=N)NC=C1[C@H]1C(C)(C)C1(C)F. The Morgan fingerprint density at radius 1 is 1.35 bits per heavy atom. The smallest absolute Gasteiger partial charge is 0.131 e. The van der Waals surface area contributed by atoms with Crippen molar-refractivity contribution in [2.24, 2.45) is 11.3 Å². The summed E-state index contributed by atoms with van der Waals surface area (Å²) in [7, 11) is 0. The Morgan fingerprint density at radius 2 is 2.00 bits per heavy atom. The molecule has 1 saturated carbocycles. The highest BCUT2D eigenvalue weighted by molar-refractivity contribution is 6.04. The van der Waals surface area contributed by atoms with Crippen LogP contribution in [0.25, 0.3) is 0 Å². The van der Waals surface area contributed by atoms with Gasteiger partial charge in [-0.05, 0) is 39.2 Å². The third kappa shape index (κ3) is 2.59. The molecular weight excluding hydrogens is 291 g/mol. The second-order valence-corrected chi connectivity index (χ2v) is 8.08. The van der Waals surface area contributed by atoms with E-state index in [-0.39, 0.29) is 11.3 Å². The maximum Gasteiger partial charge on any atom is 0.131 e. The van der Waals surface area contributed by atoms with E-state index >= 15 is 0 Å². The van der Waals surface area contributed by atoms with Gasteiger partial charge in [-0.25, -0.2) is 4.39 Å². The van der Waals surface area contributed by atoms with E-state index < -0.39 is 5.67 Å². The minimum atomic E-state index is -1.21. The summed E-state index contributed by atoms with van der Waals surface area (Å²) in [5.41, 5.74) is 1.18. The second kappa shape index (κ2) is 5.33. The zero-order valence-corrected chi connectivity index (χ0v) is 14.8. The molecule has 0 aromatic carbocycles. The van der Waals surface area contributed by atoms with Gasteiger partial charge < -0.3 is 16.0 Å². The van der Waals surface area contributed by atoms with Gasteiger partial charge in [0.05, 0.1) is 0 Å². The lowest BCUT2D eigenvalue weighted by Crippen LogP contribution is -2.46. The van der Waals surface area contributed by atoms with Crippen LogP contribution in [0.4, 0.5) is 4.39 Å². The molecule has 3 rings (SSSR count). The minimum Gasteiger partial charge on any atom is -0.384 e. The molecule has 0 aromatic rings. The summed E-state index contributed by atoms with van der Waals surface area (Å²) in [6, 6.07) is 0.944. The van der Waals surface area contributed by atoms with Gasteiger partial charge in [-0.3, -0.25) is 5.41 Å². The van der Waals surface area contributed by atoms with Crippen molar-refractivity contribution < 1.29 is 4.39 Å². The van der Waals surface area contributed by atoms with Gasteiger partial charge in [0.2, 0.25) is 0 Å². The van der Waals surface area contributed by atoms with Gasteiger partial charge in [0.25, 0.3) is 0 Å². The standard InChI is InChI=1S/C18H29FN4/c1-10-6-7-12(8-21-10)23-11(2)14-13(9-22-16(14)20)15-17(3,4)18(15,5)19/h9-10,12,15,21,23H,6-8H2,1-5H3,(H2,20,22)/b14-11+/t10-,12+,15-,18?/m0/s1. The molecule has 0 radical (unpaired) electrons. The highest BCUT2D eigenvalue weighted by Gasteiger charge is 2.71. The monoisotopic (exact) mass is 320 g/mol. The predicted molar refractivity (Wildman–Crippen MR) is 92.1 cm³/mol. The summed E-state index contributed by atoms with van der Waals surface area (Å²) < 4.78 is 14.8. The summed E-state index contributed by atoms with van der Waals surface area (Å²) in [6.45, 7) is 10.7. The number of allylic oxidation sites excluding steroid dienone is 1. The topological polar surface area (TPSA) is 59.9 Å². The first-order valence-electron chi connectivity index (χ1n) is 8.62. The molecule has 5 heteroatoms. The number of rotatable bonds is 3. The van der Waals surface area contributed by atoms with E-state index in [1.165, 1.54) is 0 Å². The number of hydrogen-bond acceptors (Lipinski definition) is 3. The lowest BCUT2D eigenvalue weighted by Gasteiger charge is -2.30. The van der Waals surface area contributed by atoms with Gasteiger partial charge >= 0.3 is 0 Å².